The predicted molar refractivity (Wildman–Crippen MR) is 76.8 cm³/mol. The number of hydrogen-bond acceptors (Lipinski definition) is 2. The van der Waals surface area contributed by atoms with Gasteiger partial charge in [-0.3, -0.25) is 4.79 Å². The van der Waals surface area contributed by atoms with E-state index < -0.39 is 0 Å². The van der Waals surface area contributed by atoms with Crippen molar-refractivity contribution in [3.05, 3.63) is 0 Å². The van der Waals surface area contributed by atoms with Crippen LogP contribution in [0.2, 0.25) is 0 Å². The van der Waals surface area contributed by atoms with Gasteiger partial charge < -0.3 is 10.2 Å². The molecule has 108 valence electrons. The summed E-state index contributed by atoms with van der Waals surface area (Å²) in [6.07, 6.45) is 7.53. The van der Waals surface area contributed by atoms with E-state index in [1.165, 1.54) is 38.5 Å². The Bertz CT molecular complexity index is 351. The van der Waals surface area contributed by atoms with Crippen LogP contribution in [0, 0.1) is 17.3 Å². The van der Waals surface area contributed by atoms with Crippen LogP contribution in [0.1, 0.15) is 52.4 Å². The van der Waals surface area contributed by atoms with E-state index >= 15 is 0 Å². The molecule has 3 aliphatic rings. The predicted octanol–water partition coefficient (Wildman–Crippen LogP) is 2.41. The summed E-state index contributed by atoms with van der Waals surface area (Å²) in [5.41, 5.74) is 0.406. The van der Waals surface area contributed by atoms with E-state index in [4.69, 9.17) is 0 Å². The van der Waals surface area contributed by atoms with Gasteiger partial charge in [-0.15, -0.1) is 0 Å². The third-order valence-electron chi connectivity index (χ3n) is 6.26. The van der Waals surface area contributed by atoms with Gasteiger partial charge in [0.05, 0.1) is 6.04 Å². The van der Waals surface area contributed by atoms with Crippen molar-refractivity contribution in [1.29, 1.82) is 0 Å². The van der Waals surface area contributed by atoms with Crippen LogP contribution in [0.25, 0.3) is 0 Å². The number of amides is 1. The molecule has 0 radical (unpaired) electrons. The number of nitrogens with one attached hydrogen (secondary N) is 1. The SMILES string of the molecule is CCC1(CC)CCN(C(=O)C2NCC3CCCC32)C1. The van der Waals surface area contributed by atoms with Crippen LogP contribution in [-0.4, -0.2) is 36.5 Å². The summed E-state index contributed by atoms with van der Waals surface area (Å²) in [5, 5.41) is 3.51. The van der Waals surface area contributed by atoms with E-state index in [1.807, 2.05) is 0 Å². The van der Waals surface area contributed by atoms with Crippen molar-refractivity contribution in [3.63, 3.8) is 0 Å². The van der Waals surface area contributed by atoms with Gasteiger partial charge in [0.1, 0.15) is 0 Å². The fourth-order valence-corrected chi connectivity index (χ4v) is 4.61. The Kier molecular flexibility index (Phi) is 3.59. The highest BCUT2D eigenvalue weighted by molar-refractivity contribution is 5.83. The molecule has 0 aromatic rings. The van der Waals surface area contributed by atoms with Gasteiger partial charge in [0.15, 0.2) is 0 Å². The average molecular weight is 264 g/mol. The first-order chi connectivity index (χ1) is 9.19. The van der Waals surface area contributed by atoms with Gasteiger partial charge >= 0.3 is 0 Å². The van der Waals surface area contributed by atoms with E-state index in [0.29, 0.717) is 17.2 Å². The quantitative estimate of drug-likeness (QED) is 0.849. The van der Waals surface area contributed by atoms with Gasteiger partial charge in [-0.05, 0) is 55.9 Å². The number of likely N-dealkylation sites (tertiary alicyclic amines) is 1. The fraction of sp³-hybridized carbons (Fsp3) is 0.938. The van der Waals surface area contributed by atoms with Crippen molar-refractivity contribution < 1.29 is 4.79 Å². The Balaban J connectivity index is 1.65. The average Bonchev–Trinajstić information content (AvgIpc) is 3.13. The van der Waals surface area contributed by atoms with Gasteiger partial charge in [0.25, 0.3) is 0 Å². The minimum absolute atomic E-state index is 0.136. The number of carbonyl (C=O) groups is 1. The van der Waals surface area contributed by atoms with Crippen LogP contribution in [0.4, 0.5) is 0 Å². The van der Waals surface area contributed by atoms with Crippen LogP contribution in [0.3, 0.4) is 0 Å². The van der Waals surface area contributed by atoms with E-state index in [1.54, 1.807) is 0 Å². The van der Waals surface area contributed by atoms with Crippen LogP contribution >= 0.6 is 0 Å². The normalized spacial score (nSPS) is 36.7. The van der Waals surface area contributed by atoms with Crippen LogP contribution in [-0.2, 0) is 4.79 Å². The second kappa shape index (κ2) is 5.08. The van der Waals surface area contributed by atoms with E-state index in [2.05, 4.69) is 24.1 Å². The summed E-state index contributed by atoms with van der Waals surface area (Å²) < 4.78 is 0. The zero-order valence-corrected chi connectivity index (χ0v) is 12.5. The molecule has 3 unspecified atom stereocenters. The highest BCUT2D eigenvalue weighted by Gasteiger charge is 2.46. The highest BCUT2D eigenvalue weighted by atomic mass is 16.2. The molecule has 3 fully saturated rings. The number of carbonyl (C=O) groups excluding carboxylic acids is 1. The van der Waals surface area contributed by atoms with Gasteiger partial charge in [0, 0.05) is 13.1 Å². The van der Waals surface area contributed by atoms with Gasteiger partial charge in [-0.1, -0.05) is 20.3 Å². The molecular weight excluding hydrogens is 236 g/mol. The van der Waals surface area contributed by atoms with E-state index in [0.717, 1.165) is 25.6 Å². The summed E-state index contributed by atoms with van der Waals surface area (Å²) in [6, 6.07) is 0.136. The van der Waals surface area contributed by atoms with Gasteiger partial charge in [0.2, 0.25) is 5.91 Å². The molecule has 3 heteroatoms. The molecule has 3 atom stereocenters. The largest absolute Gasteiger partial charge is 0.341 e. The Morgan fingerprint density at radius 2 is 2.11 bits per heavy atom. The lowest BCUT2D eigenvalue weighted by Gasteiger charge is -2.28. The lowest BCUT2D eigenvalue weighted by atomic mass is 9.82. The van der Waals surface area contributed by atoms with Gasteiger partial charge in [-0.25, -0.2) is 0 Å². The maximum absolute atomic E-state index is 12.8. The van der Waals surface area contributed by atoms with Crippen LogP contribution in [0.5, 0.6) is 0 Å². The van der Waals surface area contributed by atoms with Gasteiger partial charge in [-0.2, -0.15) is 0 Å². The standard InChI is InChI=1S/C16H28N2O/c1-3-16(4-2)8-9-18(11-16)15(19)14-13-7-5-6-12(13)10-17-14/h12-14,17H,3-11H2,1-2H3. The number of hydrogen-bond donors (Lipinski definition) is 1. The summed E-state index contributed by atoms with van der Waals surface area (Å²) >= 11 is 0. The highest BCUT2D eigenvalue weighted by Crippen LogP contribution is 2.41. The molecule has 0 bridgehead atoms. The molecule has 19 heavy (non-hydrogen) atoms. The summed E-state index contributed by atoms with van der Waals surface area (Å²) in [4.78, 5) is 14.9. The van der Waals surface area contributed by atoms with Crippen molar-refractivity contribution >= 4 is 5.91 Å². The van der Waals surface area contributed by atoms with Crippen molar-refractivity contribution in [1.82, 2.24) is 10.2 Å². The molecular formula is C16H28N2O. The topological polar surface area (TPSA) is 32.3 Å². The van der Waals surface area contributed by atoms with Crippen molar-refractivity contribution in [2.24, 2.45) is 17.3 Å². The first-order valence-electron chi connectivity index (χ1n) is 8.21. The Labute approximate surface area is 117 Å². The molecule has 2 saturated heterocycles. The molecule has 1 amide bonds. The number of nitrogens with zero attached hydrogens (tertiary/aromatic N) is 1. The first kappa shape index (κ1) is 13.4. The molecule has 3 nitrogen and oxygen atoms in total. The third kappa shape index (κ3) is 2.20. The second-order valence-electron chi connectivity index (χ2n) is 6.96. The Morgan fingerprint density at radius 1 is 1.32 bits per heavy atom. The summed E-state index contributed by atoms with van der Waals surface area (Å²) in [5.74, 6) is 1.81. The summed E-state index contributed by atoms with van der Waals surface area (Å²) in [7, 11) is 0. The second-order valence-corrected chi connectivity index (χ2v) is 6.96. The van der Waals surface area contributed by atoms with Crippen molar-refractivity contribution in [3.8, 4) is 0 Å². The zero-order valence-electron chi connectivity index (χ0n) is 12.5. The zero-order chi connectivity index (χ0) is 13.5. The minimum atomic E-state index is 0.136. The molecule has 1 aliphatic carbocycles. The van der Waals surface area contributed by atoms with Crippen molar-refractivity contribution in [2.45, 2.75) is 58.4 Å². The maximum Gasteiger partial charge on any atom is 0.240 e. The third-order valence-corrected chi connectivity index (χ3v) is 6.26. The van der Waals surface area contributed by atoms with Crippen LogP contribution in [0.15, 0.2) is 0 Å². The molecule has 1 saturated carbocycles. The lowest BCUT2D eigenvalue weighted by molar-refractivity contribution is -0.133. The Morgan fingerprint density at radius 3 is 2.79 bits per heavy atom. The number of rotatable bonds is 3. The lowest BCUT2D eigenvalue weighted by Crippen LogP contribution is -2.46. The van der Waals surface area contributed by atoms with E-state index in [9.17, 15) is 4.79 Å². The molecule has 3 rings (SSSR count). The molecule has 2 aliphatic heterocycles. The van der Waals surface area contributed by atoms with Crippen molar-refractivity contribution in [2.75, 3.05) is 19.6 Å². The molecule has 0 spiro atoms. The molecule has 0 aromatic heterocycles. The smallest absolute Gasteiger partial charge is 0.240 e. The molecule has 2 heterocycles. The molecule has 1 N–H and O–H groups in total. The first-order valence-corrected chi connectivity index (χ1v) is 8.21. The monoisotopic (exact) mass is 264 g/mol. The fourth-order valence-electron chi connectivity index (χ4n) is 4.61. The Hall–Kier alpha value is -0.570. The maximum atomic E-state index is 12.8. The molecule has 0 aromatic carbocycles. The minimum Gasteiger partial charge on any atom is -0.341 e. The van der Waals surface area contributed by atoms with Crippen LogP contribution < -0.4 is 5.32 Å². The van der Waals surface area contributed by atoms with E-state index in [-0.39, 0.29) is 6.04 Å². The number of fused-ring (bicyclic) bond motifs is 1. The summed E-state index contributed by atoms with van der Waals surface area (Å²) in [6.45, 7) is 7.60.